The predicted molar refractivity (Wildman–Crippen MR) is 101 cm³/mol. The van der Waals surface area contributed by atoms with Crippen molar-refractivity contribution in [3.8, 4) is 5.75 Å². The van der Waals surface area contributed by atoms with Gasteiger partial charge in [-0.1, -0.05) is 18.2 Å². The molecule has 1 aromatic rings. The first-order valence-electron chi connectivity index (χ1n) is 9.71. The monoisotopic (exact) mass is 375 g/mol. The fraction of sp³-hybridized carbons (Fsp3) is 0.619. The van der Waals surface area contributed by atoms with Gasteiger partial charge in [-0.05, 0) is 51.7 Å². The van der Waals surface area contributed by atoms with Gasteiger partial charge in [0.2, 0.25) is 5.91 Å². The molecule has 1 atom stereocenters. The fourth-order valence-corrected chi connectivity index (χ4v) is 4.10. The first kappa shape index (κ1) is 19.7. The minimum Gasteiger partial charge on any atom is -0.491 e. The van der Waals surface area contributed by atoms with Gasteiger partial charge in [-0.3, -0.25) is 9.59 Å². The molecule has 0 radical (unpaired) electrons. The van der Waals surface area contributed by atoms with E-state index in [0.29, 0.717) is 45.4 Å². The number of morpholine rings is 1. The van der Waals surface area contributed by atoms with Crippen LogP contribution >= 0.6 is 0 Å². The molecule has 148 valence electrons. The maximum atomic E-state index is 13.0. The van der Waals surface area contributed by atoms with Gasteiger partial charge in [0.15, 0.2) is 0 Å². The van der Waals surface area contributed by atoms with Gasteiger partial charge in [-0.15, -0.1) is 0 Å². The Kier molecular flexibility index (Phi) is 6.05. The van der Waals surface area contributed by atoms with Crippen LogP contribution in [0.2, 0.25) is 0 Å². The van der Waals surface area contributed by atoms with Crippen LogP contribution in [0.3, 0.4) is 0 Å². The van der Waals surface area contributed by atoms with Gasteiger partial charge in [-0.2, -0.15) is 0 Å². The largest absolute Gasteiger partial charge is 0.491 e. The van der Waals surface area contributed by atoms with Gasteiger partial charge >= 0.3 is 5.97 Å². The van der Waals surface area contributed by atoms with E-state index in [2.05, 4.69) is 0 Å². The standard InChI is InChI=1S/C21H29NO5/c1-21(2)14-22(19(23)15-8-10-16(11-9-15)20(24)25)12-18(27-21)13-26-17-6-4-3-5-7-17/h3-7,15-16,18H,8-14H2,1-2H3,(H,24,25). The molecule has 2 aliphatic rings. The summed E-state index contributed by atoms with van der Waals surface area (Å²) >= 11 is 0. The highest BCUT2D eigenvalue weighted by molar-refractivity contribution is 5.79. The van der Waals surface area contributed by atoms with Crippen LogP contribution in [0, 0.1) is 11.8 Å². The highest BCUT2D eigenvalue weighted by Crippen LogP contribution is 2.32. The van der Waals surface area contributed by atoms with Crippen LogP contribution < -0.4 is 4.74 Å². The molecule has 27 heavy (non-hydrogen) atoms. The van der Waals surface area contributed by atoms with Crippen LogP contribution in [0.4, 0.5) is 0 Å². The second-order valence-corrected chi connectivity index (χ2v) is 8.23. The molecule has 0 aromatic heterocycles. The van der Waals surface area contributed by atoms with Gasteiger partial charge in [0, 0.05) is 12.5 Å². The smallest absolute Gasteiger partial charge is 0.306 e. The SMILES string of the molecule is CC1(C)CN(C(=O)C2CCC(C(=O)O)CC2)CC(COc2ccccc2)O1. The number of rotatable bonds is 5. The second-order valence-electron chi connectivity index (χ2n) is 8.23. The van der Waals surface area contributed by atoms with E-state index in [1.54, 1.807) is 0 Å². The second kappa shape index (κ2) is 8.30. The summed E-state index contributed by atoms with van der Waals surface area (Å²) in [7, 11) is 0. The summed E-state index contributed by atoms with van der Waals surface area (Å²) in [5.74, 6) is -0.215. The molecule has 3 rings (SSSR count). The van der Waals surface area contributed by atoms with Crippen molar-refractivity contribution in [2.24, 2.45) is 11.8 Å². The number of carboxylic acids is 1. The van der Waals surface area contributed by atoms with Crippen LogP contribution in [-0.4, -0.2) is 53.3 Å². The van der Waals surface area contributed by atoms with Crippen molar-refractivity contribution in [3.63, 3.8) is 0 Å². The summed E-state index contributed by atoms with van der Waals surface area (Å²) < 4.78 is 11.9. The zero-order valence-corrected chi connectivity index (χ0v) is 16.1. The zero-order valence-electron chi connectivity index (χ0n) is 16.1. The molecular formula is C21H29NO5. The van der Waals surface area contributed by atoms with Gasteiger partial charge in [0.1, 0.15) is 18.5 Å². The van der Waals surface area contributed by atoms with Gasteiger partial charge < -0.3 is 19.5 Å². The minimum absolute atomic E-state index is 0.0785. The lowest BCUT2D eigenvalue weighted by Crippen LogP contribution is -2.57. The van der Waals surface area contributed by atoms with E-state index < -0.39 is 11.6 Å². The molecule has 6 heteroatoms. The molecule has 1 saturated carbocycles. The van der Waals surface area contributed by atoms with E-state index in [-0.39, 0.29) is 23.8 Å². The number of carbonyl (C=O) groups excluding carboxylic acids is 1. The number of carboxylic acid groups (broad SMARTS) is 1. The average molecular weight is 375 g/mol. The number of hydrogen-bond acceptors (Lipinski definition) is 4. The summed E-state index contributed by atoms with van der Waals surface area (Å²) in [4.78, 5) is 26.0. The molecular weight excluding hydrogens is 346 g/mol. The molecule has 1 amide bonds. The van der Waals surface area contributed by atoms with Crippen molar-refractivity contribution in [1.82, 2.24) is 4.90 Å². The Balaban J connectivity index is 1.58. The molecule has 1 aromatic carbocycles. The third-order valence-corrected chi connectivity index (χ3v) is 5.40. The van der Waals surface area contributed by atoms with Crippen molar-refractivity contribution < 1.29 is 24.2 Å². The summed E-state index contributed by atoms with van der Waals surface area (Å²) in [5, 5.41) is 9.14. The molecule has 0 spiro atoms. The number of aliphatic carboxylic acids is 1. The molecule has 1 aliphatic heterocycles. The summed E-state index contributed by atoms with van der Waals surface area (Å²) in [6, 6.07) is 9.58. The maximum Gasteiger partial charge on any atom is 0.306 e. The Hall–Kier alpha value is -2.08. The molecule has 2 fully saturated rings. The summed E-state index contributed by atoms with van der Waals surface area (Å²) in [6.07, 6.45) is 2.28. The fourth-order valence-electron chi connectivity index (χ4n) is 4.10. The number of amides is 1. The van der Waals surface area contributed by atoms with E-state index in [1.165, 1.54) is 0 Å². The number of para-hydroxylation sites is 1. The molecule has 1 saturated heterocycles. The topological polar surface area (TPSA) is 76.1 Å². The third-order valence-electron chi connectivity index (χ3n) is 5.40. The van der Waals surface area contributed by atoms with Crippen molar-refractivity contribution >= 4 is 11.9 Å². The quantitative estimate of drug-likeness (QED) is 0.856. The van der Waals surface area contributed by atoms with Crippen LogP contribution in [0.15, 0.2) is 30.3 Å². The minimum atomic E-state index is -0.744. The Bertz CT molecular complexity index is 652. The Labute approximate surface area is 160 Å². The van der Waals surface area contributed by atoms with Gasteiger partial charge in [0.25, 0.3) is 0 Å². The molecule has 1 N–H and O–H groups in total. The number of hydrogen-bond donors (Lipinski definition) is 1. The number of nitrogens with zero attached hydrogens (tertiary/aromatic N) is 1. The highest BCUT2D eigenvalue weighted by atomic mass is 16.5. The van der Waals surface area contributed by atoms with Crippen LogP contribution in [0.25, 0.3) is 0 Å². The van der Waals surface area contributed by atoms with E-state index in [9.17, 15) is 9.59 Å². The van der Waals surface area contributed by atoms with E-state index in [0.717, 1.165) is 5.75 Å². The lowest BCUT2D eigenvalue weighted by atomic mass is 9.81. The van der Waals surface area contributed by atoms with Gasteiger partial charge in [0.05, 0.1) is 18.1 Å². The maximum absolute atomic E-state index is 13.0. The molecule has 1 heterocycles. The third kappa shape index (κ3) is 5.22. The Morgan fingerprint density at radius 1 is 1.15 bits per heavy atom. The van der Waals surface area contributed by atoms with Crippen molar-refractivity contribution in [1.29, 1.82) is 0 Å². The van der Waals surface area contributed by atoms with E-state index in [4.69, 9.17) is 14.6 Å². The predicted octanol–water partition coefficient (Wildman–Crippen LogP) is 2.96. The van der Waals surface area contributed by atoms with E-state index in [1.807, 2.05) is 49.1 Å². The van der Waals surface area contributed by atoms with Crippen molar-refractivity contribution in [2.75, 3.05) is 19.7 Å². The molecule has 6 nitrogen and oxygen atoms in total. The summed E-state index contributed by atoms with van der Waals surface area (Å²) in [5.41, 5.74) is -0.434. The number of benzene rings is 1. The molecule has 0 bridgehead atoms. The van der Waals surface area contributed by atoms with Gasteiger partial charge in [-0.25, -0.2) is 0 Å². The molecule has 1 aliphatic carbocycles. The van der Waals surface area contributed by atoms with Crippen molar-refractivity contribution in [3.05, 3.63) is 30.3 Å². The highest BCUT2D eigenvalue weighted by Gasteiger charge is 2.39. The zero-order chi connectivity index (χ0) is 19.4. The Morgan fingerprint density at radius 2 is 1.78 bits per heavy atom. The lowest BCUT2D eigenvalue weighted by Gasteiger charge is -2.44. The molecule has 1 unspecified atom stereocenters. The van der Waals surface area contributed by atoms with Crippen LogP contribution in [0.5, 0.6) is 5.75 Å². The van der Waals surface area contributed by atoms with Crippen LogP contribution in [0.1, 0.15) is 39.5 Å². The first-order valence-corrected chi connectivity index (χ1v) is 9.71. The normalized spacial score (nSPS) is 27.8. The van der Waals surface area contributed by atoms with Crippen molar-refractivity contribution in [2.45, 2.75) is 51.2 Å². The van der Waals surface area contributed by atoms with Crippen LogP contribution in [-0.2, 0) is 14.3 Å². The van der Waals surface area contributed by atoms with E-state index >= 15 is 0 Å². The lowest BCUT2D eigenvalue weighted by molar-refractivity contribution is -0.169. The number of ether oxygens (including phenoxy) is 2. The average Bonchev–Trinajstić information content (AvgIpc) is 2.65. The number of carbonyl (C=O) groups is 2. The Morgan fingerprint density at radius 3 is 2.41 bits per heavy atom. The summed E-state index contributed by atoms with van der Waals surface area (Å²) in [6.45, 7) is 5.43. The first-order chi connectivity index (χ1) is 12.8.